The molecular weight excluding hydrogens is 522 g/mol. The van der Waals surface area contributed by atoms with Crippen LogP contribution in [0.15, 0.2) is 107 Å². The number of benzene rings is 3. The van der Waals surface area contributed by atoms with Crippen molar-refractivity contribution in [2.45, 2.75) is 13.0 Å². The van der Waals surface area contributed by atoms with Crippen LogP contribution in [-0.4, -0.2) is 29.2 Å². The summed E-state index contributed by atoms with van der Waals surface area (Å²) < 4.78 is 13.5. The Morgan fingerprint density at radius 3 is 2.58 bits per heavy atom. The summed E-state index contributed by atoms with van der Waals surface area (Å²) in [6.07, 6.45) is 5.18. The van der Waals surface area contributed by atoms with Gasteiger partial charge in [-0.2, -0.15) is 0 Å². The zero-order chi connectivity index (χ0) is 27.6. The van der Waals surface area contributed by atoms with Gasteiger partial charge < -0.3 is 9.47 Å². The third kappa shape index (κ3) is 4.42. The molecule has 0 saturated carbocycles. The molecule has 0 bridgehead atoms. The van der Waals surface area contributed by atoms with Crippen molar-refractivity contribution >= 4 is 39.9 Å². The van der Waals surface area contributed by atoms with Gasteiger partial charge in [-0.05, 0) is 41.5 Å². The SMILES string of the molecule is CCOC(=O)C1=C(c2ccccc2)N=c2s/c(=C/c3cccnc3)c(=O)n2[C@H]1c1c(OC)ccc2ccccc12. The van der Waals surface area contributed by atoms with Crippen molar-refractivity contribution in [1.29, 1.82) is 0 Å². The topological polar surface area (TPSA) is 82.8 Å². The second kappa shape index (κ2) is 10.7. The van der Waals surface area contributed by atoms with E-state index in [1.165, 1.54) is 11.3 Å². The molecule has 3 heterocycles. The van der Waals surface area contributed by atoms with Crippen molar-refractivity contribution in [2.75, 3.05) is 13.7 Å². The number of methoxy groups -OCH3 is 1. The maximum absolute atomic E-state index is 14.2. The number of ether oxygens (including phenoxy) is 2. The van der Waals surface area contributed by atoms with Crippen molar-refractivity contribution in [1.82, 2.24) is 9.55 Å². The zero-order valence-electron chi connectivity index (χ0n) is 21.9. The lowest BCUT2D eigenvalue weighted by Gasteiger charge is -2.28. The van der Waals surface area contributed by atoms with Gasteiger partial charge in [-0.25, -0.2) is 9.79 Å². The Hall–Kier alpha value is -4.82. The number of carbonyl (C=O) groups is 1. The van der Waals surface area contributed by atoms with Crippen molar-refractivity contribution in [2.24, 2.45) is 4.99 Å². The first-order valence-electron chi connectivity index (χ1n) is 12.8. The number of rotatable bonds is 6. The molecule has 3 aromatic carbocycles. The number of pyridine rings is 1. The lowest BCUT2D eigenvalue weighted by Crippen LogP contribution is -2.40. The van der Waals surface area contributed by atoms with Crippen molar-refractivity contribution < 1.29 is 14.3 Å². The standard InChI is InChI=1S/C32H25N3O4S/c1-3-39-31(37)27-28(22-12-5-4-6-13-22)34-32-35(30(36)25(40-32)18-20-10-9-17-33-19-20)29(27)26-23-14-8-7-11-21(23)15-16-24(26)38-2/h4-19,29H,3H2,1-2H3/b25-18+/t29-/m0/s1. The van der Waals surface area contributed by atoms with E-state index in [1.807, 2.05) is 78.9 Å². The van der Waals surface area contributed by atoms with E-state index in [2.05, 4.69) is 4.98 Å². The third-order valence-corrected chi connectivity index (χ3v) is 7.76. The number of thiazole rings is 1. The van der Waals surface area contributed by atoms with Gasteiger partial charge in [0.2, 0.25) is 0 Å². The fraction of sp³-hybridized carbons (Fsp3) is 0.125. The third-order valence-electron chi connectivity index (χ3n) is 6.78. The van der Waals surface area contributed by atoms with Crippen molar-refractivity contribution in [3.05, 3.63) is 133 Å². The molecule has 198 valence electrons. The number of hydrogen-bond donors (Lipinski definition) is 0. The van der Waals surface area contributed by atoms with Crippen LogP contribution in [0.4, 0.5) is 0 Å². The molecule has 0 radical (unpaired) electrons. The van der Waals surface area contributed by atoms with Crippen molar-refractivity contribution in [3.8, 4) is 5.75 Å². The van der Waals surface area contributed by atoms with E-state index in [1.54, 1.807) is 37.1 Å². The quantitative estimate of drug-likeness (QED) is 0.293. The minimum absolute atomic E-state index is 0.176. The Morgan fingerprint density at radius 2 is 1.82 bits per heavy atom. The Kier molecular flexibility index (Phi) is 6.84. The van der Waals surface area contributed by atoms with Crippen LogP contribution in [0, 0.1) is 0 Å². The first-order chi connectivity index (χ1) is 19.6. The Balaban J connectivity index is 1.76. The minimum atomic E-state index is -0.845. The average molecular weight is 548 g/mol. The number of fused-ring (bicyclic) bond motifs is 2. The summed E-state index contributed by atoms with van der Waals surface area (Å²) in [4.78, 5) is 37.5. The van der Waals surface area contributed by atoms with Gasteiger partial charge in [0.15, 0.2) is 4.80 Å². The van der Waals surface area contributed by atoms with E-state index in [4.69, 9.17) is 14.5 Å². The molecule has 1 aliphatic heterocycles. The summed E-state index contributed by atoms with van der Waals surface area (Å²) in [5.74, 6) is 0.0216. The molecular formula is C32H25N3O4S. The molecule has 0 spiro atoms. The van der Waals surface area contributed by atoms with Crippen LogP contribution in [0.5, 0.6) is 5.75 Å². The largest absolute Gasteiger partial charge is 0.496 e. The molecule has 5 aromatic rings. The molecule has 0 unspecified atom stereocenters. The molecule has 40 heavy (non-hydrogen) atoms. The van der Waals surface area contributed by atoms with Gasteiger partial charge in [-0.3, -0.25) is 14.3 Å². The predicted octanol–water partition coefficient (Wildman–Crippen LogP) is 4.49. The lowest BCUT2D eigenvalue weighted by molar-refractivity contribution is -0.138. The number of nitrogens with zero attached hydrogens (tertiary/aromatic N) is 3. The van der Waals surface area contributed by atoms with Crippen molar-refractivity contribution in [3.63, 3.8) is 0 Å². The van der Waals surface area contributed by atoms with Gasteiger partial charge in [-0.1, -0.05) is 78.1 Å². The second-order valence-corrected chi connectivity index (χ2v) is 10.1. The highest BCUT2D eigenvalue weighted by Gasteiger charge is 2.37. The highest BCUT2D eigenvalue weighted by Crippen LogP contribution is 2.42. The van der Waals surface area contributed by atoms with E-state index in [0.717, 1.165) is 21.9 Å². The Labute approximate surface area is 234 Å². The van der Waals surface area contributed by atoms with Gasteiger partial charge in [0.25, 0.3) is 5.56 Å². The summed E-state index contributed by atoms with van der Waals surface area (Å²) in [6, 6.07) is 24.1. The van der Waals surface area contributed by atoms with E-state index in [-0.39, 0.29) is 17.7 Å². The van der Waals surface area contributed by atoms with Crippen LogP contribution in [-0.2, 0) is 9.53 Å². The van der Waals surface area contributed by atoms with E-state index >= 15 is 0 Å². The highest BCUT2D eigenvalue weighted by atomic mass is 32.1. The Morgan fingerprint density at radius 1 is 1.02 bits per heavy atom. The molecule has 1 aliphatic rings. The number of carbonyl (C=O) groups excluding carboxylic acids is 1. The molecule has 8 heteroatoms. The lowest BCUT2D eigenvalue weighted by atomic mass is 9.89. The first-order valence-corrected chi connectivity index (χ1v) is 13.7. The maximum Gasteiger partial charge on any atom is 0.338 e. The molecule has 0 saturated heterocycles. The first kappa shape index (κ1) is 25.5. The summed E-state index contributed by atoms with van der Waals surface area (Å²) >= 11 is 1.27. The van der Waals surface area contributed by atoms with E-state index in [9.17, 15) is 9.59 Å². The number of esters is 1. The molecule has 2 aromatic heterocycles. The number of aromatic nitrogens is 2. The molecule has 0 N–H and O–H groups in total. The number of hydrogen-bond acceptors (Lipinski definition) is 7. The van der Waals surface area contributed by atoms with Crippen LogP contribution in [0.3, 0.4) is 0 Å². The van der Waals surface area contributed by atoms with E-state index < -0.39 is 12.0 Å². The minimum Gasteiger partial charge on any atom is -0.496 e. The predicted molar refractivity (Wildman–Crippen MR) is 156 cm³/mol. The van der Waals surface area contributed by atoms with Gasteiger partial charge in [0, 0.05) is 23.5 Å². The molecule has 0 fully saturated rings. The molecule has 0 aliphatic carbocycles. The van der Waals surface area contributed by atoms with Crippen LogP contribution in [0.25, 0.3) is 22.5 Å². The average Bonchev–Trinajstić information content (AvgIpc) is 3.31. The van der Waals surface area contributed by atoms with Gasteiger partial charge in [-0.15, -0.1) is 0 Å². The highest BCUT2D eigenvalue weighted by molar-refractivity contribution is 7.07. The molecule has 7 nitrogen and oxygen atoms in total. The van der Waals surface area contributed by atoms with Gasteiger partial charge >= 0.3 is 5.97 Å². The monoisotopic (exact) mass is 547 g/mol. The second-order valence-electron chi connectivity index (χ2n) is 9.12. The zero-order valence-corrected chi connectivity index (χ0v) is 22.7. The smallest absolute Gasteiger partial charge is 0.338 e. The summed E-state index contributed by atoms with van der Waals surface area (Å²) in [5, 5.41) is 1.82. The maximum atomic E-state index is 14.2. The fourth-order valence-corrected chi connectivity index (χ4v) is 6.06. The van der Waals surface area contributed by atoms with Crippen LogP contribution < -0.4 is 19.6 Å². The summed E-state index contributed by atoms with van der Waals surface area (Å²) in [7, 11) is 1.59. The normalized spacial score (nSPS) is 15.1. The summed E-state index contributed by atoms with van der Waals surface area (Å²) in [5.41, 5.74) is 2.72. The molecule has 1 atom stereocenters. The molecule has 0 amide bonds. The van der Waals surface area contributed by atoms with Crippen LogP contribution in [0.2, 0.25) is 0 Å². The molecule has 6 rings (SSSR count). The van der Waals surface area contributed by atoms with Crippen LogP contribution in [0.1, 0.15) is 29.7 Å². The summed E-state index contributed by atoms with van der Waals surface area (Å²) in [6.45, 7) is 1.94. The van der Waals surface area contributed by atoms with E-state index in [0.29, 0.717) is 26.3 Å². The Bertz CT molecular complexity index is 1940. The van der Waals surface area contributed by atoms with Gasteiger partial charge in [0.05, 0.1) is 29.5 Å². The fourth-order valence-electron chi connectivity index (χ4n) is 5.06. The van der Waals surface area contributed by atoms with Crippen LogP contribution >= 0.6 is 11.3 Å². The van der Waals surface area contributed by atoms with Gasteiger partial charge in [0.1, 0.15) is 11.8 Å².